The van der Waals surface area contributed by atoms with Gasteiger partial charge in [0.1, 0.15) is 5.01 Å². The fourth-order valence-electron chi connectivity index (χ4n) is 2.11. The van der Waals surface area contributed by atoms with Gasteiger partial charge < -0.3 is 10.1 Å². The molecule has 1 N–H and O–H groups in total. The molecule has 1 fully saturated rings. The molecule has 0 amide bonds. The highest BCUT2D eigenvalue weighted by Gasteiger charge is 2.34. The van der Waals surface area contributed by atoms with Crippen molar-refractivity contribution in [2.45, 2.75) is 39.2 Å². The zero-order valence-corrected chi connectivity index (χ0v) is 11.8. The maximum atomic E-state index is 5.10. The molecule has 0 aromatic carbocycles. The monoisotopic (exact) mass is 254 g/mol. The van der Waals surface area contributed by atoms with Gasteiger partial charge in [0.25, 0.3) is 0 Å². The Kier molecular flexibility index (Phi) is 4.54. The molecule has 1 aromatic rings. The predicted octanol–water partition coefficient (Wildman–Crippen LogP) is 2.70. The molecule has 0 radical (unpaired) electrons. The lowest BCUT2D eigenvalue weighted by molar-refractivity contribution is 0.194. The van der Waals surface area contributed by atoms with E-state index in [1.165, 1.54) is 28.4 Å². The van der Waals surface area contributed by atoms with Gasteiger partial charge in [-0.15, -0.1) is 11.3 Å². The summed E-state index contributed by atoms with van der Waals surface area (Å²) in [5, 5.41) is 4.86. The second-order valence-electron chi connectivity index (χ2n) is 4.67. The van der Waals surface area contributed by atoms with Crippen LogP contribution < -0.4 is 5.32 Å². The van der Waals surface area contributed by atoms with Crippen LogP contribution in [0.5, 0.6) is 0 Å². The molecular weight excluding hydrogens is 232 g/mol. The highest BCUT2D eigenvalue weighted by molar-refractivity contribution is 7.11. The van der Waals surface area contributed by atoms with E-state index in [9.17, 15) is 0 Å². The first-order chi connectivity index (χ1) is 8.26. The number of aromatic nitrogens is 1. The van der Waals surface area contributed by atoms with Crippen LogP contribution in [0.1, 0.15) is 41.4 Å². The van der Waals surface area contributed by atoms with E-state index in [-0.39, 0.29) is 0 Å². The van der Waals surface area contributed by atoms with Crippen molar-refractivity contribution in [3.8, 4) is 0 Å². The molecule has 17 heavy (non-hydrogen) atoms. The van der Waals surface area contributed by atoms with Crippen molar-refractivity contribution in [3.05, 3.63) is 15.6 Å². The molecule has 0 saturated heterocycles. The van der Waals surface area contributed by atoms with E-state index in [1.54, 1.807) is 7.11 Å². The largest absolute Gasteiger partial charge is 0.383 e. The maximum absolute atomic E-state index is 5.10. The quantitative estimate of drug-likeness (QED) is 0.760. The van der Waals surface area contributed by atoms with E-state index in [1.807, 2.05) is 11.3 Å². The number of ether oxygens (including phenoxy) is 1. The Balaban J connectivity index is 2.03. The molecule has 1 aliphatic rings. The van der Waals surface area contributed by atoms with Gasteiger partial charge in [0.15, 0.2) is 0 Å². The average molecular weight is 254 g/mol. The zero-order valence-electron chi connectivity index (χ0n) is 11.0. The maximum Gasteiger partial charge on any atom is 0.110 e. The van der Waals surface area contributed by atoms with Crippen LogP contribution in [0, 0.1) is 12.8 Å². The summed E-state index contributed by atoms with van der Waals surface area (Å²) in [7, 11) is 1.75. The first kappa shape index (κ1) is 13.0. The Morgan fingerprint density at radius 1 is 1.53 bits per heavy atom. The van der Waals surface area contributed by atoms with Crippen LogP contribution in [0.15, 0.2) is 0 Å². The molecule has 1 atom stereocenters. The molecule has 4 heteroatoms. The van der Waals surface area contributed by atoms with Gasteiger partial charge in [-0.05, 0) is 32.1 Å². The van der Waals surface area contributed by atoms with Gasteiger partial charge in [-0.25, -0.2) is 4.98 Å². The third kappa shape index (κ3) is 3.27. The number of nitrogens with one attached hydrogen (secondary N) is 1. The van der Waals surface area contributed by atoms with E-state index in [2.05, 4.69) is 19.2 Å². The molecule has 0 bridgehead atoms. The van der Waals surface area contributed by atoms with Gasteiger partial charge >= 0.3 is 0 Å². The Labute approximate surface area is 108 Å². The second-order valence-corrected chi connectivity index (χ2v) is 5.91. The fraction of sp³-hybridized carbons (Fsp3) is 0.769. The van der Waals surface area contributed by atoms with Crippen LogP contribution >= 0.6 is 11.3 Å². The standard InChI is InChI=1S/C13H22N2OS/c1-4-11-9(2)17-13(15-11)12(10-5-6-10)14-7-8-16-3/h10,12,14H,4-8H2,1-3H3. The van der Waals surface area contributed by atoms with E-state index < -0.39 is 0 Å². The number of thiazole rings is 1. The van der Waals surface area contributed by atoms with Crippen LogP contribution in [0.25, 0.3) is 0 Å². The normalized spacial score (nSPS) is 17.4. The molecule has 3 nitrogen and oxygen atoms in total. The lowest BCUT2D eigenvalue weighted by atomic mass is 10.2. The van der Waals surface area contributed by atoms with Crippen molar-refractivity contribution in [2.75, 3.05) is 20.3 Å². The SMILES string of the molecule is CCc1nc(C(NCCOC)C2CC2)sc1C. The topological polar surface area (TPSA) is 34.2 Å². The van der Waals surface area contributed by atoms with Crippen molar-refractivity contribution < 1.29 is 4.74 Å². The highest BCUT2D eigenvalue weighted by Crippen LogP contribution is 2.42. The number of hydrogen-bond acceptors (Lipinski definition) is 4. The van der Waals surface area contributed by atoms with Crippen LogP contribution in [0.3, 0.4) is 0 Å². The van der Waals surface area contributed by atoms with Crippen LogP contribution in [-0.4, -0.2) is 25.2 Å². The summed E-state index contributed by atoms with van der Waals surface area (Å²) in [6, 6.07) is 0.453. The van der Waals surface area contributed by atoms with Gasteiger partial charge in [0.2, 0.25) is 0 Å². The molecule has 96 valence electrons. The Hall–Kier alpha value is -0.450. The minimum Gasteiger partial charge on any atom is -0.383 e. The minimum atomic E-state index is 0.453. The Morgan fingerprint density at radius 3 is 2.82 bits per heavy atom. The van der Waals surface area contributed by atoms with Crippen LogP contribution in [0.2, 0.25) is 0 Å². The van der Waals surface area contributed by atoms with E-state index in [4.69, 9.17) is 9.72 Å². The van der Waals surface area contributed by atoms with E-state index >= 15 is 0 Å². The van der Waals surface area contributed by atoms with Gasteiger partial charge in [-0.3, -0.25) is 0 Å². The van der Waals surface area contributed by atoms with Gasteiger partial charge in [-0.2, -0.15) is 0 Å². The summed E-state index contributed by atoms with van der Waals surface area (Å²) in [6.45, 7) is 6.04. The summed E-state index contributed by atoms with van der Waals surface area (Å²) in [5.74, 6) is 0.794. The number of aryl methyl sites for hydroxylation is 2. The smallest absolute Gasteiger partial charge is 0.110 e. The summed E-state index contributed by atoms with van der Waals surface area (Å²) >= 11 is 1.86. The highest BCUT2D eigenvalue weighted by atomic mass is 32.1. The molecule has 1 unspecified atom stereocenters. The molecule has 0 spiro atoms. The van der Waals surface area contributed by atoms with Gasteiger partial charge in [0, 0.05) is 18.5 Å². The molecule has 2 rings (SSSR count). The predicted molar refractivity (Wildman–Crippen MR) is 71.6 cm³/mol. The molecule has 1 aliphatic carbocycles. The van der Waals surface area contributed by atoms with Crippen molar-refractivity contribution in [2.24, 2.45) is 5.92 Å². The van der Waals surface area contributed by atoms with Gasteiger partial charge in [-0.1, -0.05) is 6.92 Å². The van der Waals surface area contributed by atoms with Crippen molar-refractivity contribution in [1.82, 2.24) is 10.3 Å². The Bertz CT molecular complexity index is 360. The molecule has 1 aromatic heterocycles. The van der Waals surface area contributed by atoms with Crippen LogP contribution in [-0.2, 0) is 11.2 Å². The third-order valence-electron chi connectivity index (χ3n) is 3.27. The molecule has 1 saturated carbocycles. The van der Waals surface area contributed by atoms with Crippen molar-refractivity contribution in [1.29, 1.82) is 0 Å². The number of hydrogen-bond donors (Lipinski definition) is 1. The van der Waals surface area contributed by atoms with Crippen LogP contribution in [0.4, 0.5) is 0 Å². The summed E-state index contributed by atoms with van der Waals surface area (Å²) < 4.78 is 5.10. The number of methoxy groups -OCH3 is 1. The zero-order chi connectivity index (χ0) is 12.3. The average Bonchev–Trinajstić information content (AvgIpc) is 3.08. The molecule has 0 aliphatic heterocycles. The molecular formula is C13H22N2OS. The van der Waals surface area contributed by atoms with Gasteiger partial charge in [0.05, 0.1) is 18.3 Å². The number of rotatable bonds is 7. The lowest BCUT2D eigenvalue weighted by Gasteiger charge is -2.15. The first-order valence-electron chi connectivity index (χ1n) is 6.44. The van der Waals surface area contributed by atoms with E-state index in [0.717, 1.165) is 25.5 Å². The second kappa shape index (κ2) is 5.94. The third-order valence-corrected chi connectivity index (χ3v) is 4.37. The Morgan fingerprint density at radius 2 is 2.29 bits per heavy atom. The van der Waals surface area contributed by atoms with Crippen molar-refractivity contribution in [3.63, 3.8) is 0 Å². The first-order valence-corrected chi connectivity index (χ1v) is 7.26. The summed E-state index contributed by atoms with van der Waals surface area (Å²) in [6.07, 6.45) is 3.72. The minimum absolute atomic E-state index is 0.453. The number of nitrogens with zero attached hydrogens (tertiary/aromatic N) is 1. The van der Waals surface area contributed by atoms with E-state index in [0.29, 0.717) is 6.04 Å². The summed E-state index contributed by atoms with van der Waals surface area (Å²) in [5.41, 5.74) is 1.27. The van der Waals surface area contributed by atoms with Crippen molar-refractivity contribution >= 4 is 11.3 Å². The molecule has 1 heterocycles. The lowest BCUT2D eigenvalue weighted by Crippen LogP contribution is -2.26. The summed E-state index contributed by atoms with van der Waals surface area (Å²) in [4.78, 5) is 6.16. The fourth-order valence-corrected chi connectivity index (χ4v) is 3.29.